The molecule has 0 aliphatic heterocycles. The molecule has 20 heavy (non-hydrogen) atoms. The Hall–Kier alpha value is -2.19. The van der Waals surface area contributed by atoms with Crippen LogP contribution in [-0.2, 0) is 20.1 Å². The van der Waals surface area contributed by atoms with Crippen LogP contribution in [0.5, 0.6) is 0 Å². The highest BCUT2D eigenvalue weighted by atomic mass is 19.1. The highest BCUT2D eigenvalue weighted by Crippen LogP contribution is 2.13. The molecule has 0 aliphatic rings. The smallest absolute Gasteiger partial charge is 0.127 e. The number of benzene rings is 1. The number of aryl methyl sites for hydroxylation is 2. The van der Waals surface area contributed by atoms with Crippen molar-refractivity contribution in [2.24, 2.45) is 7.05 Å². The number of nitrogens with zero attached hydrogens (tertiary/aromatic N) is 3. The monoisotopic (exact) mass is 272 g/mol. The van der Waals surface area contributed by atoms with Crippen molar-refractivity contribution < 1.29 is 4.39 Å². The summed E-state index contributed by atoms with van der Waals surface area (Å²) in [5.74, 6) is -0.295. The van der Waals surface area contributed by atoms with Gasteiger partial charge in [0.25, 0.3) is 0 Å². The Kier molecular flexibility index (Phi) is 4.16. The van der Waals surface area contributed by atoms with Crippen molar-refractivity contribution in [3.8, 4) is 6.07 Å². The first-order valence-electron chi connectivity index (χ1n) is 6.41. The van der Waals surface area contributed by atoms with Crippen molar-refractivity contribution in [2.75, 3.05) is 0 Å². The van der Waals surface area contributed by atoms with E-state index < -0.39 is 0 Å². The molecule has 0 radical (unpaired) electrons. The predicted molar refractivity (Wildman–Crippen MR) is 74.3 cm³/mol. The first-order chi connectivity index (χ1) is 9.52. The molecule has 2 aromatic rings. The van der Waals surface area contributed by atoms with E-state index in [1.165, 1.54) is 12.1 Å². The molecule has 0 bridgehead atoms. The third-order valence-electron chi connectivity index (χ3n) is 3.45. The van der Waals surface area contributed by atoms with Gasteiger partial charge in [-0.05, 0) is 32.0 Å². The van der Waals surface area contributed by atoms with Gasteiger partial charge in [0, 0.05) is 37.0 Å². The van der Waals surface area contributed by atoms with Gasteiger partial charge in [0.15, 0.2) is 0 Å². The number of halogens is 1. The lowest BCUT2D eigenvalue weighted by Crippen LogP contribution is -2.15. The van der Waals surface area contributed by atoms with Crippen LogP contribution in [-0.4, -0.2) is 9.78 Å². The first kappa shape index (κ1) is 14.2. The van der Waals surface area contributed by atoms with Gasteiger partial charge >= 0.3 is 0 Å². The van der Waals surface area contributed by atoms with E-state index in [0.29, 0.717) is 24.2 Å². The minimum absolute atomic E-state index is 0.295. The van der Waals surface area contributed by atoms with Crippen molar-refractivity contribution in [2.45, 2.75) is 26.9 Å². The van der Waals surface area contributed by atoms with Crippen molar-refractivity contribution in [1.29, 1.82) is 5.26 Å². The lowest BCUT2D eigenvalue weighted by Gasteiger charge is -2.07. The van der Waals surface area contributed by atoms with Crippen LogP contribution in [0.1, 0.15) is 28.1 Å². The zero-order valence-electron chi connectivity index (χ0n) is 11.9. The lowest BCUT2D eigenvalue weighted by molar-refractivity contribution is 0.587. The van der Waals surface area contributed by atoms with Gasteiger partial charge in [-0.25, -0.2) is 4.39 Å². The maximum Gasteiger partial charge on any atom is 0.127 e. The molecule has 1 aromatic heterocycles. The maximum atomic E-state index is 13.6. The van der Waals surface area contributed by atoms with Gasteiger partial charge in [0.2, 0.25) is 0 Å². The summed E-state index contributed by atoms with van der Waals surface area (Å²) < 4.78 is 15.5. The molecule has 1 aromatic carbocycles. The van der Waals surface area contributed by atoms with Gasteiger partial charge < -0.3 is 5.32 Å². The molecule has 1 heterocycles. The van der Waals surface area contributed by atoms with Gasteiger partial charge in [-0.15, -0.1) is 0 Å². The topological polar surface area (TPSA) is 53.6 Å². The van der Waals surface area contributed by atoms with E-state index in [9.17, 15) is 4.39 Å². The number of aromatic nitrogens is 2. The molecule has 104 valence electrons. The van der Waals surface area contributed by atoms with Crippen LogP contribution in [0.2, 0.25) is 0 Å². The Balaban J connectivity index is 2.05. The number of hydrogen-bond acceptors (Lipinski definition) is 3. The summed E-state index contributed by atoms with van der Waals surface area (Å²) >= 11 is 0. The quantitative estimate of drug-likeness (QED) is 0.929. The van der Waals surface area contributed by atoms with E-state index in [-0.39, 0.29) is 5.82 Å². The van der Waals surface area contributed by atoms with Crippen LogP contribution in [0, 0.1) is 31.0 Å². The second-order valence-electron chi connectivity index (χ2n) is 4.79. The number of hydrogen-bond donors (Lipinski definition) is 1. The van der Waals surface area contributed by atoms with Crippen molar-refractivity contribution in [3.05, 3.63) is 52.1 Å². The number of rotatable bonds is 4. The minimum Gasteiger partial charge on any atom is -0.308 e. The van der Waals surface area contributed by atoms with E-state index in [1.54, 1.807) is 6.07 Å². The second-order valence-corrected chi connectivity index (χ2v) is 4.79. The van der Waals surface area contributed by atoms with E-state index in [0.717, 1.165) is 17.0 Å². The highest BCUT2D eigenvalue weighted by molar-refractivity contribution is 5.33. The SMILES string of the molecule is Cc1nn(C)c(C)c1CNCc1cc(C#N)ccc1F. The molecular formula is C15H17FN4. The lowest BCUT2D eigenvalue weighted by atomic mass is 10.1. The largest absolute Gasteiger partial charge is 0.308 e. The third kappa shape index (κ3) is 2.86. The van der Waals surface area contributed by atoms with Gasteiger partial charge in [-0.1, -0.05) is 0 Å². The summed E-state index contributed by atoms with van der Waals surface area (Å²) in [4.78, 5) is 0. The fraction of sp³-hybridized carbons (Fsp3) is 0.333. The van der Waals surface area contributed by atoms with Gasteiger partial charge in [-0.2, -0.15) is 10.4 Å². The first-order valence-corrected chi connectivity index (χ1v) is 6.41. The molecule has 0 atom stereocenters. The number of nitrogens with one attached hydrogen (secondary N) is 1. The summed E-state index contributed by atoms with van der Waals surface area (Å²) in [6.45, 7) is 4.98. The number of nitriles is 1. The van der Waals surface area contributed by atoms with Crippen LogP contribution >= 0.6 is 0 Å². The summed E-state index contributed by atoms with van der Waals surface area (Å²) in [6, 6.07) is 6.40. The summed E-state index contributed by atoms with van der Waals surface area (Å²) in [7, 11) is 1.90. The molecule has 2 rings (SSSR count). The fourth-order valence-electron chi connectivity index (χ4n) is 2.18. The van der Waals surface area contributed by atoms with Crippen LogP contribution < -0.4 is 5.32 Å². The van der Waals surface area contributed by atoms with Gasteiger partial charge in [-0.3, -0.25) is 4.68 Å². The zero-order valence-corrected chi connectivity index (χ0v) is 11.9. The molecule has 0 unspecified atom stereocenters. The van der Waals surface area contributed by atoms with Crippen LogP contribution in [0.15, 0.2) is 18.2 Å². The van der Waals surface area contributed by atoms with Gasteiger partial charge in [0.1, 0.15) is 5.82 Å². The van der Waals surface area contributed by atoms with Crippen molar-refractivity contribution >= 4 is 0 Å². The van der Waals surface area contributed by atoms with Crippen LogP contribution in [0.3, 0.4) is 0 Å². The zero-order chi connectivity index (χ0) is 14.7. The average molecular weight is 272 g/mol. The molecule has 0 amide bonds. The summed E-state index contributed by atoms with van der Waals surface area (Å²) in [6.07, 6.45) is 0. The Labute approximate surface area is 117 Å². The molecule has 0 saturated carbocycles. The fourth-order valence-corrected chi connectivity index (χ4v) is 2.18. The molecule has 1 N–H and O–H groups in total. The van der Waals surface area contributed by atoms with E-state index in [1.807, 2.05) is 31.6 Å². The second kappa shape index (κ2) is 5.85. The minimum atomic E-state index is -0.295. The van der Waals surface area contributed by atoms with E-state index >= 15 is 0 Å². The Morgan fingerprint density at radius 2 is 2.10 bits per heavy atom. The summed E-state index contributed by atoms with van der Waals surface area (Å²) in [5.41, 5.74) is 4.18. The Bertz CT molecular complexity index is 667. The summed E-state index contributed by atoms with van der Waals surface area (Å²) in [5, 5.41) is 16.4. The van der Waals surface area contributed by atoms with Crippen LogP contribution in [0.4, 0.5) is 4.39 Å². The Morgan fingerprint density at radius 1 is 1.35 bits per heavy atom. The maximum absolute atomic E-state index is 13.6. The van der Waals surface area contributed by atoms with Crippen molar-refractivity contribution in [1.82, 2.24) is 15.1 Å². The highest BCUT2D eigenvalue weighted by Gasteiger charge is 2.09. The molecule has 4 nitrogen and oxygen atoms in total. The predicted octanol–water partition coefficient (Wildman–Crippen LogP) is 2.34. The van der Waals surface area contributed by atoms with Crippen molar-refractivity contribution in [3.63, 3.8) is 0 Å². The van der Waals surface area contributed by atoms with E-state index in [4.69, 9.17) is 5.26 Å². The molecule has 0 fully saturated rings. The molecule has 0 spiro atoms. The molecular weight excluding hydrogens is 255 g/mol. The standard InChI is InChI=1S/C15H17FN4/c1-10-14(11(2)20(3)19-10)9-18-8-13-6-12(7-17)4-5-15(13)16/h4-6,18H,8-9H2,1-3H3. The molecule has 0 aliphatic carbocycles. The normalized spacial score (nSPS) is 10.6. The third-order valence-corrected chi connectivity index (χ3v) is 3.45. The van der Waals surface area contributed by atoms with Crippen LogP contribution in [0.25, 0.3) is 0 Å². The van der Waals surface area contributed by atoms with Gasteiger partial charge in [0.05, 0.1) is 17.3 Å². The molecule has 5 heteroatoms. The van der Waals surface area contributed by atoms with E-state index in [2.05, 4.69) is 10.4 Å². The molecule has 0 saturated heterocycles. The Morgan fingerprint density at radius 3 is 2.70 bits per heavy atom. The average Bonchev–Trinajstić information content (AvgIpc) is 2.67.